The minimum absolute atomic E-state index is 0.125. The zero-order valence-electron chi connectivity index (χ0n) is 13.4. The average Bonchev–Trinajstić information content (AvgIpc) is 2.55. The Bertz CT molecular complexity index is 468. The molecule has 1 aromatic carbocycles. The topological polar surface area (TPSA) is 55.1 Å². The second-order valence-electron chi connectivity index (χ2n) is 6.16. The van der Waals surface area contributed by atoms with Gasteiger partial charge in [0.1, 0.15) is 0 Å². The summed E-state index contributed by atoms with van der Waals surface area (Å²) in [5.41, 5.74) is 9.06. The predicted molar refractivity (Wildman–Crippen MR) is 88.4 cm³/mol. The second kappa shape index (κ2) is 7.08. The maximum Gasteiger partial charge on any atom is 0.231 e. The zero-order chi connectivity index (χ0) is 15.3. The molecule has 0 radical (unpaired) electrons. The van der Waals surface area contributed by atoms with Gasteiger partial charge in [0.05, 0.1) is 5.41 Å². The van der Waals surface area contributed by atoms with Crippen molar-refractivity contribution in [1.29, 1.82) is 0 Å². The number of hydrogen-bond donors (Lipinski definition) is 2. The summed E-state index contributed by atoms with van der Waals surface area (Å²) in [6.07, 6.45) is 7.15. The van der Waals surface area contributed by atoms with Gasteiger partial charge in [-0.1, -0.05) is 51.3 Å². The molecule has 3 N–H and O–H groups in total. The average molecular weight is 288 g/mol. The Morgan fingerprint density at radius 2 is 1.71 bits per heavy atom. The lowest BCUT2D eigenvalue weighted by Gasteiger charge is -2.35. The molecule has 0 aliphatic heterocycles. The van der Waals surface area contributed by atoms with Crippen LogP contribution in [0, 0.1) is 5.41 Å². The number of nitrogens with one attached hydrogen (secondary N) is 1. The molecule has 1 aromatic rings. The largest absolute Gasteiger partial charge is 0.329 e. The Morgan fingerprint density at radius 1 is 1.14 bits per heavy atom. The van der Waals surface area contributed by atoms with Crippen LogP contribution in [-0.4, -0.2) is 12.5 Å². The second-order valence-corrected chi connectivity index (χ2v) is 6.16. The molecule has 0 aromatic heterocycles. The molecule has 0 unspecified atom stereocenters. The van der Waals surface area contributed by atoms with E-state index < -0.39 is 0 Å². The van der Waals surface area contributed by atoms with Gasteiger partial charge in [0.15, 0.2) is 0 Å². The quantitative estimate of drug-likeness (QED) is 0.868. The molecule has 0 bridgehead atoms. The lowest BCUT2D eigenvalue weighted by molar-refractivity contribution is -0.126. The summed E-state index contributed by atoms with van der Waals surface area (Å²) in [6, 6.07) is 6.28. The smallest absolute Gasteiger partial charge is 0.231 e. The predicted octanol–water partition coefficient (Wildman–Crippen LogP) is 3.66. The van der Waals surface area contributed by atoms with Gasteiger partial charge in [-0.05, 0) is 36.8 Å². The highest BCUT2D eigenvalue weighted by Crippen LogP contribution is 2.37. The number of carbonyl (C=O) groups is 1. The van der Waals surface area contributed by atoms with Crippen molar-refractivity contribution >= 4 is 11.6 Å². The molecule has 3 heteroatoms. The van der Waals surface area contributed by atoms with E-state index >= 15 is 0 Å². The van der Waals surface area contributed by atoms with Crippen molar-refractivity contribution in [3.8, 4) is 0 Å². The SMILES string of the molecule is CCc1cccc(CC)c1NC(=O)C1(CN)CCCCC1. The lowest BCUT2D eigenvalue weighted by atomic mass is 9.73. The summed E-state index contributed by atoms with van der Waals surface area (Å²) in [6.45, 7) is 4.71. The van der Waals surface area contributed by atoms with E-state index in [9.17, 15) is 4.79 Å². The van der Waals surface area contributed by atoms with Crippen molar-refractivity contribution in [3.05, 3.63) is 29.3 Å². The van der Waals surface area contributed by atoms with Crippen LogP contribution < -0.4 is 11.1 Å². The molecule has 21 heavy (non-hydrogen) atoms. The summed E-state index contributed by atoms with van der Waals surface area (Å²) in [7, 11) is 0. The van der Waals surface area contributed by atoms with E-state index in [0.717, 1.165) is 44.2 Å². The number of rotatable bonds is 5. The number of benzene rings is 1. The first-order valence-corrected chi connectivity index (χ1v) is 8.29. The van der Waals surface area contributed by atoms with Gasteiger partial charge in [-0.3, -0.25) is 4.79 Å². The molecule has 2 rings (SSSR count). The van der Waals surface area contributed by atoms with Gasteiger partial charge in [0.25, 0.3) is 0 Å². The number of hydrogen-bond acceptors (Lipinski definition) is 2. The van der Waals surface area contributed by atoms with Crippen molar-refractivity contribution < 1.29 is 4.79 Å². The minimum atomic E-state index is -0.357. The van der Waals surface area contributed by atoms with Crippen LogP contribution in [0.2, 0.25) is 0 Å². The number of carbonyl (C=O) groups excluding carboxylic acids is 1. The van der Waals surface area contributed by atoms with Crippen LogP contribution in [0.4, 0.5) is 5.69 Å². The number of nitrogens with two attached hydrogens (primary N) is 1. The van der Waals surface area contributed by atoms with E-state index in [-0.39, 0.29) is 11.3 Å². The summed E-state index contributed by atoms with van der Waals surface area (Å²) < 4.78 is 0. The fourth-order valence-electron chi connectivity index (χ4n) is 3.40. The molecule has 1 amide bonds. The van der Waals surface area contributed by atoms with Crippen LogP contribution in [-0.2, 0) is 17.6 Å². The molecule has 1 fully saturated rings. The Kier molecular flexibility index (Phi) is 5.40. The molecular formula is C18H28N2O. The first-order chi connectivity index (χ1) is 10.2. The third-order valence-corrected chi connectivity index (χ3v) is 4.92. The summed E-state index contributed by atoms with van der Waals surface area (Å²) in [4.78, 5) is 12.9. The molecule has 0 atom stereocenters. The van der Waals surface area contributed by atoms with Crippen LogP contribution in [0.1, 0.15) is 57.1 Å². The van der Waals surface area contributed by atoms with E-state index in [1.807, 2.05) is 0 Å². The standard InChI is InChI=1S/C18H28N2O/c1-3-14-9-8-10-15(4-2)16(14)20-17(21)18(13-19)11-6-5-7-12-18/h8-10H,3-7,11-13,19H2,1-2H3,(H,20,21). The molecule has 0 spiro atoms. The third-order valence-electron chi connectivity index (χ3n) is 4.92. The fourth-order valence-corrected chi connectivity index (χ4v) is 3.40. The fraction of sp³-hybridized carbons (Fsp3) is 0.611. The van der Waals surface area contributed by atoms with Gasteiger partial charge >= 0.3 is 0 Å². The third kappa shape index (κ3) is 3.29. The van der Waals surface area contributed by atoms with Gasteiger partial charge in [-0.15, -0.1) is 0 Å². The minimum Gasteiger partial charge on any atom is -0.329 e. The Balaban J connectivity index is 2.26. The van der Waals surface area contributed by atoms with Gasteiger partial charge in [-0.25, -0.2) is 0 Å². The monoisotopic (exact) mass is 288 g/mol. The highest BCUT2D eigenvalue weighted by molar-refractivity contribution is 5.97. The number of aryl methyl sites for hydroxylation is 2. The van der Waals surface area contributed by atoms with E-state index in [1.54, 1.807) is 0 Å². The zero-order valence-corrected chi connectivity index (χ0v) is 13.4. The van der Waals surface area contributed by atoms with Crippen molar-refractivity contribution in [2.24, 2.45) is 11.1 Å². The maximum atomic E-state index is 12.9. The van der Waals surface area contributed by atoms with Gasteiger partial charge < -0.3 is 11.1 Å². The van der Waals surface area contributed by atoms with Crippen LogP contribution in [0.15, 0.2) is 18.2 Å². The first kappa shape index (κ1) is 16.0. The van der Waals surface area contributed by atoms with Crippen LogP contribution in [0.25, 0.3) is 0 Å². The highest BCUT2D eigenvalue weighted by atomic mass is 16.2. The highest BCUT2D eigenvalue weighted by Gasteiger charge is 2.38. The van der Waals surface area contributed by atoms with E-state index in [0.29, 0.717) is 6.54 Å². The maximum absolute atomic E-state index is 12.9. The summed E-state index contributed by atoms with van der Waals surface area (Å²) in [5, 5.41) is 3.22. The summed E-state index contributed by atoms with van der Waals surface area (Å²) in [5.74, 6) is 0.125. The van der Waals surface area contributed by atoms with Crippen LogP contribution >= 0.6 is 0 Å². The Morgan fingerprint density at radius 3 is 2.19 bits per heavy atom. The van der Waals surface area contributed by atoms with E-state index in [2.05, 4.69) is 37.4 Å². The Labute approximate surface area is 128 Å². The van der Waals surface area contributed by atoms with Gasteiger partial charge in [0, 0.05) is 12.2 Å². The number of para-hydroxylation sites is 1. The van der Waals surface area contributed by atoms with Crippen molar-refractivity contribution in [1.82, 2.24) is 0 Å². The van der Waals surface area contributed by atoms with Gasteiger partial charge in [0.2, 0.25) is 5.91 Å². The Hall–Kier alpha value is -1.35. The molecule has 0 heterocycles. The lowest BCUT2D eigenvalue weighted by Crippen LogP contribution is -2.44. The van der Waals surface area contributed by atoms with E-state index in [1.165, 1.54) is 17.5 Å². The summed E-state index contributed by atoms with van der Waals surface area (Å²) >= 11 is 0. The van der Waals surface area contributed by atoms with E-state index in [4.69, 9.17) is 5.73 Å². The van der Waals surface area contributed by atoms with Crippen molar-refractivity contribution in [3.63, 3.8) is 0 Å². The normalized spacial score (nSPS) is 17.5. The molecule has 1 aliphatic carbocycles. The van der Waals surface area contributed by atoms with Crippen molar-refractivity contribution in [2.75, 3.05) is 11.9 Å². The molecule has 116 valence electrons. The number of anilines is 1. The number of amides is 1. The van der Waals surface area contributed by atoms with Crippen LogP contribution in [0.3, 0.4) is 0 Å². The first-order valence-electron chi connectivity index (χ1n) is 8.29. The van der Waals surface area contributed by atoms with Crippen LogP contribution in [0.5, 0.6) is 0 Å². The molecule has 3 nitrogen and oxygen atoms in total. The molecule has 1 saturated carbocycles. The molecular weight excluding hydrogens is 260 g/mol. The van der Waals surface area contributed by atoms with Crippen molar-refractivity contribution in [2.45, 2.75) is 58.8 Å². The molecule has 1 aliphatic rings. The van der Waals surface area contributed by atoms with Gasteiger partial charge in [-0.2, -0.15) is 0 Å². The molecule has 0 saturated heterocycles.